The minimum atomic E-state index is 0.207. The van der Waals surface area contributed by atoms with Gasteiger partial charge in [0.1, 0.15) is 0 Å². The lowest BCUT2D eigenvalue weighted by Crippen LogP contribution is -2.19. The molecule has 1 aromatic carbocycles. The topological polar surface area (TPSA) is 41.8 Å². The molecule has 0 aliphatic heterocycles. The van der Waals surface area contributed by atoms with Gasteiger partial charge in [0.15, 0.2) is 0 Å². The van der Waals surface area contributed by atoms with E-state index in [0.29, 0.717) is 6.04 Å². The Balaban J connectivity index is 2.19. The Labute approximate surface area is 102 Å². The maximum atomic E-state index is 6.02. The van der Waals surface area contributed by atoms with Crippen molar-refractivity contribution >= 4 is 10.9 Å². The molecule has 1 aliphatic rings. The van der Waals surface area contributed by atoms with Gasteiger partial charge < -0.3 is 10.7 Å². The largest absolute Gasteiger partial charge is 0.358 e. The molecule has 2 nitrogen and oxygen atoms in total. The minimum Gasteiger partial charge on any atom is -0.358 e. The molecule has 0 fully saturated rings. The third-order valence-corrected chi connectivity index (χ3v) is 3.79. The molecule has 1 heterocycles. The SMILES string of the molecule is CC(C)(C)c1ccc2[nH]c3c(c2c1)CC(N)C3. The van der Waals surface area contributed by atoms with E-state index >= 15 is 0 Å². The summed E-state index contributed by atoms with van der Waals surface area (Å²) in [5.74, 6) is 0. The van der Waals surface area contributed by atoms with E-state index in [1.54, 1.807) is 0 Å². The molecule has 17 heavy (non-hydrogen) atoms. The highest BCUT2D eigenvalue weighted by molar-refractivity contribution is 5.86. The molecule has 1 atom stereocenters. The third kappa shape index (κ3) is 1.67. The summed E-state index contributed by atoms with van der Waals surface area (Å²) in [7, 11) is 0. The molecule has 0 spiro atoms. The number of aromatic amines is 1. The van der Waals surface area contributed by atoms with Crippen molar-refractivity contribution in [3.63, 3.8) is 0 Å². The van der Waals surface area contributed by atoms with Gasteiger partial charge in [0, 0.05) is 29.1 Å². The maximum Gasteiger partial charge on any atom is 0.0459 e. The molecular formula is C15H20N2. The van der Waals surface area contributed by atoms with Gasteiger partial charge in [0.2, 0.25) is 0 Å². The van der Waals surface area contributed by atoms with Crippen LogP contribution in [0.15, 0.2) is 18.2 Å². The first-order chi connectivity index (χ1) is 7.95. The zero-order valence-corrected chi connectivity index (χ0v) is 10.8. The number of benzene rings is 1. The summed E-state index contributed by atoms with van der Waals surface area (Å²) in [6, 6.07) is 7.08. The van der Waals surface area contributed by atoms with Crippen LogP contribution in [-0.2, 0) is 18.3 Å². The highest BCUT2D eigenvalue weighted by atomic mass is 14.8. The molecule has 0 amide bonds. The Hall–Kier alpha value is -1.28. The summed E-state index contributed by atoms with van der Waals surface area (Å²) in [6.07, 6.45) is 2.01. The van der Waals surface area contributed by atoms with E-state index in [0.717, 1.165) is 12.8 Å². The molecule has 3 N–H and O–H groups in total. The number of nitrogens with one attached hydrogen (secondary N) is 1. The molecule has 90 valence electrons. The van der Waals surface area contributed by atoms with Gasteiger partial charge in [-0.3, -0.25) is 0 Å². The Morgan fingerprint density at radius 3 is 2.71 bits per heavy atom. The summed E-state index contributed by atoms with van der Waals surface area (Å²) in [6.45, 7) is 6.77. The summed E-state index contributed by atoms with van der Waals surface area (Å²) >= 11 is 0. The van der Waals surface area contributed by atoms with E-state index in [1.165, 1.54) is 27.7 Å². The second kappa shape index (κ2) is 3.36. The van der Waals surface area contributed by atoms with Crippen LogP contribution < -0.4 is 5.73 Å². The molecule has 3 rings (SSSR count). The van der Waals surface area contributed by atoms with Crippen molar-refractivity contribution in [2.45, 2.75) is 45.1 Å². The van der Waals surface area contributed by atoms with Crippen molar-refractivity contribution in [3.05, 3.63) is 35.0 Å². The molecule has 2 heteroatoms. The van der Waals surface area contributed by atoms with E-state index in [1.807, 2.05) is 0 Å². The monoisotopic (exact) mass is 228 g/mol. The number of hydrogen-bond acceptors (Lipinski definition) is 1. The third-order valence-electron chi connectivity index (χ3n) is 3.79. The van der Waals surface area contributed by atoms with Gasteiger partial charge in [-0.2, -0.15) is 0 Å². The number of H-pyrrole nitrogens is 1. The Kier molecular flexibility index (Phi) is 2.14. The molecule has 0 radical (unpaired) electrons. The fourth-order valence-electron chi connectivity index (χ4n) is 2.77. The van der Waals surface area contributed by atoms with Crippen LogP contribution in [0.3, 0.4) is 0 Å². The molecule has 1 unspecified atom stereocenters. The first kappa shape index (κ1) is 10.8. The maximum absolute atomic E-state index is 6.02. The van der Waals surface area contributed by atoms with Gasteiger partial charge in [-0.05, 0) is 35.1 Å². The van der Waals surface area contributed by atoms with Crippen LogP contribution >= 0.6 is 0 Å². The van der Waals surface area contributed by atoms with Crippen molar-refractivity contribution in [2.75, 3.05) is 0 Å². The predicted molar refractivity (Wildman–Crippen MR) is 72.4 cm³/mol. The molecule has 1 aliphatic carbocycles. The van der Waals surface area contributed by atoms with Crippen LogP contribution in [0, 0.1) is 0 Å². The lowest BCUT2D eigenvalue weighted by molar-refractivity contribution is 0.591. The van der Waals surface area contributed by atoms with E-state index in [4.69, 9.17) is 5.73 Å². The zero-order chi connectivity index (χ0) is 12.2. The molecule has 0 bridgehead atoms. The van der Waals surface area contributed by atoms with Crippen LogP contribution in [0.25, 0.3) is 10.9 Å². The van der Waals surface area contributed by atoms with Gasteiger partial charge in [0.25, 0.3) is 0 Å². The Bertz CT molecular complexity index is 572. The summed E-state index contributed by atoms with van der Waals surface area (Å²) < 4.78 is 0. The number of rotatable bonds is 0. The molecule has 0 saturated carbocycles. The Morgan fingerprint density at radius 1 is 1.24 bits per heavy atom. The number of fused-ring (bicyclic) bond motifs is 3. The molecule has 1 aromatic heterocycles. The lowest BCUT2D eigenvalue weighted by atomic mass is 9.86. The fraction of sp³-hybridized carbons (Fsp3) is 0.467. The lowest BCUT2D eigenvalue weighted by Gasteiger charge is -2.19. The smallest absolute Gasteiger partial charge is 0.0459 e. The van der Waals surface area contributed by atoms with Gasteiger partial charge >= 0.3 is 0 Å². The van der Waals surface area contributed by atoms with Gasteiger partial charge in [-0.15, -0.1) is 0 Å². The number of nitrogens with two attached hydrogens (primary N) is 1. The Morgan fingerprint density at radius 2 is 2.00 bits per heavy atom. The van der Waals surface area contributed by atoms with Gasteiger partial charge in [-0.1, -0.05) is 26.8 Å². The molecular weight excluding hydrogens is 208 g/mol. The van der Waals surface area contributed by atoms with E-state index < -0.39 is 0 Å². The predicted octanol–water partition coefficient (Wildman–Crippen LogP) is 2.89. The molecule has 0 saturated heterocycles. The number of aromatic nitrogens is 1. The van der Waals surface area contributed by atoms with Gasteiger partial charge in [0.05, 0.1) is 0 Å². The van der Waals surface area contributed by atoms with Crippen LogP contribution in [0.5, 0.6) is 0 Å². The van der Waals surface area contributed by atoms with Crippen LogP contribution in [0.1, 0.15) is 37.6 Å². The average Bonchev–Trinajstić information content (AvgIpc) is 2.71. The first-order valence-electron chi connectivity index (χ1n) is 6.34. The highest BCUT2D eigenvalue weighted by Crippen LogP contribution is 2.32. The van der Waals surface area contributed by atoms with Gasteiger partial charge in [-0.25, -0.2) is 0 Å². The minimum absolute atomic E-state index is 0.207. The van der Waals surface area contributed by atoms with Crippen molar-refractivity contribution in [3.8, 4) is 0 Å². The summed E-state index contributed by atoms with van der Waals surface area (Å²) in [5, 5.41) is 1.38. The van der Waals surface area contributed by atoms with Crippen molar-refractivity contribution < 1.29 is 0 Å². The quantitative estimate of drug-likeness (QED) is 0.715. The highest BCUT2D eigenvalue weighted by Gasteiger charge is 2.23. The standard InChI is InChI=1S/C15H20N2/c1-15(2,3)9-4-5-13-11(6-9)12-7-10(16)8-14(12)17-13/h4-6,10,17H,7-8,16H2,1-3H3. The normalized spacial score (nSPS) is 19.9. The van der Waals surface area contributed by atoms with E-state index in [2.05, 4.69) is 44.0 Å². The van der Waals surface area contributed by atoms with Crippen LogP contribution in [0.2, 0.25) is 0 Å². The zero-order valence-electron chi connectivity index (χ0n) is 10.8. The fourth-order valence-corrected chi connectivity index (χ4v) is 2.77. The van der Waals surface area contributed by atoms with E-state index in [-0.39, 0.29) is 5.41 Å². The second-order valence-corrected chi connectivity index (χ2v) is 6.26. The number of hydrogen-bond donors (Lipinski definition) is 2. The molecule has 2 aromatic rings. The van der Waals surface area contributed by atoms with Crippen LogP contribution in [-0.4, -0.2) is 11.0 Å². The van der Waals surface area contributed by atoms with Crippen molar-refractivity contribution in [2.24, 2.45) is 5.73 Å². The summed E-state index contributed by atoms with van der Waals surface area (Å²) in [4.78, 5) is 3.51. The van der Waals surface area contributed by atoms with Crippen LogP contribution in [0.4, 0.5) is 0 Å². The van der Waals surface area contributed by atoms with Crippen molar-refractivity contribution in [1.29, 1.82) is 0 Å². The van der Waals surface area contributed by atoms with Crippen molar-refractivity contribution in [1.82, 2.24) is 4.98 Å². The second-order valence-electron chi connectivity index (χ2n) is 6.26. The average molecular weight is 228 g/mol. The first-order valence-corrected chi connectivity index (χ1v) is 6.34. The summed E-state index contributed by atoms with van der Waals surface area (Å²) in [5.41, 5.74) is 11.7. The van der Waals surface area contributed by atoms with E-state index in [9.17, 15) is 0 Å².